The van der Waals surface area contributed by atoms with Gasteiger partial charge in [0.25, 0.3) is 0 Å². The van der Waals surface area contributed by atoms with E-state index in [2.05, 4.69) is 265 Å². The molecule has 0 amide bonds. The monoisotopic (exact) mass is 794 g/mol. The lowest BCUT2D eigenvalue weighted by Gasteiger charge is -2.26. The van der Waals surface area contributed by atoms with Gasteiger partial charge in [0.2, 0.25) is 0 Å². The molecule has 0 unspecified atom stereocenters. The van der Waals surface area contributed by atoms with E-state index < -0.39 is 0 Å². The first-order valence-corrected chi connectivity index (χ1v) is 21.5. The number of hydrogen-bond acceptors (Lipinski definition) is 2. The third-order valence-electron chi connectivity index (χ3n) is 11.7. The number of para-hydroxylation sites is 2. The summed E-state index contributed by atoms with van der Waals surface area (Å²) in [5, 5.41) is 0. The van der Waals surface area contributed by atoms with E-state index in [4.69, 9.17) is 0 Å². The molecule has 0 saturated heterocycles. The van der Waals surface area contributed by atoms with Crippen LogP contribution in [0.1, 0.15) is 18.4 Å². The van der Waals surface area contributed by atoms with Crippen molar-refractivity contribution in [1.29, 1.82) is 0 Å². The largest absolute Gasteiger partial charge is 0.311 e. The Morgan fingerprint density at radius 3 is 0.790 bits per heavy atom. The molecule has 2 heteroatoms. The fourth-order valence-electron chi connectivity index (χ4n) is 8.43. The van der Waals surface area contributed by atoms with E-state index in [0.717, 1.165) is 47.0 Å². The zero-order chi connectivity index (χ0) is 41.5. The zero-order valence-corrected chi connectivity index (χ0v) is 34.6. The second-order valence-electron chi connectivity index (χ2n) is 15.7. The Morgan fingerprint density at radius 1 is 0.226 bits per heavy atom. The predicted octanol–water partition coefficient (Wildman–Crippen LogP) is 17.0. The standard InChI is InChI=1S/C60H46N2/c1-5-13-45(14-6-1)47-21-25-49(26-22-47)51-29-37-57(38-30-51)61(55-17-9-3-10-18-55)59-41-33-53(34-42-59)54-35-43-60(44-36-54)62(56-19-11-4-12-20-56)58-39-31-52(32-40-58)50-27-23-48(24-28-50)46-15-7-2-8-16-46/h1,3-7,9-44H,2,8H2. The number of nitrogens with zero attached hydrogens (tertiary/aromatic N) is 2. The summed E-state index contributed by atoms with van der Waals surface area (Å²) < 4.78 is 0. The minimum atomic E-state index is 1.10. The molecular weight excluding hydrogens is 749 g/mol. The van der Waals surface area contributed by atoms with Crippen molar-refractivity contribution < 1.29 is 0 Å². The number of hydrogen-bond donors (Lipinski definition) is 0. The fourth-order valence-corrected chi connectivity index (χ4v) is 8.43. The predicted molar refractivity (Wildman–Crippen MR) is 264 cm³/mol. The van der Waals surface area contributed by atoms with Crippen LogP contribution in [-0.2, 0) is 0 Å². The average molecular weight is 795 g/mol. The Bertz CT molecular complexity index is 2920. The van der Waals surface area contributed by atoms with Crippen molar-refractivity contribution in [2.24, 2.45) is 0 Å². The lowest BCUT2D eigenvalue weighted by Crippen LogP contribution is -2.10. The summed E-state index contributed by atoms with van der Waals surface area (Å²) in [6.45, 7) is 0. The molecule has 296 valence electrons. The first-order valence-electron chi connectivity index (χ1n) is 21.5. The van der Waals surface area contributed by atoms with Crippen molar-refractivity contribution >= 4 is 39.7 Å². The van der Waals surface area contributed by atoms with Gasteiger partial charge in [0, 0.05) is 34.1 Å². The lowest BCUT2D eigenvalue weighted by atomic mass is 9.97. The number of anilines is 6. The van der Waals surface area contributed by atoms with Crippen molar-refractivity contribution in [3.8, 4) is 44.5 Å². The summed E-state index contributed by atoms with van der Waals surface area (Å²) in [5.41, 5.74) is 18.8. The molecule has 0 saturated carbocycles. The molecule has 10 rings (SSSR count). The van der Waals surface area contributed by atoms with Gasteiger partial charge in [-0.1, -0.05) is 182 Å². The second kappa shape index (κ2) is 17.7. The van der Waals surface area contributed by atoms with Crippen LogP contribution in [0.3, 0.4) is 0 Å². The molecule has 0 atom stereocenters. The van der Waals surface area contributed by atoms with Gasteiger partial charge in [0.1, 0.15) is 0 Å². The van der Waals surface area contributed by atoms with Crippen LogP contribution in [-0.4, -0.2) is 0 Å². The molecule has 0 N–H and O–H groups in total. The maximum atomic E-state index is 2.33. The van der Waals surface area contributed by atoms with E-state index in [0.29, 0.717) is 0 Å². The molecule has 0 bridgehead atoms. The average Bonchev–Trinajstić information content (AvgIpc) is 3.36. The van der Waals surface area contributed by atoms with Gasteiger partial charge in [-0.15, -0.1) is 0 Å². The van der Waals surface area contributed by atoms with Crippen molar-refractivity contribution in [1.82, 2.24) is 0 Å². The Labute approximate surface area is 365 Å². The van der Waals surface area contributed by atoms with Crippen LogP contribution in [0.5, 0.6) is 0 Å². The minimum absolute atomic E-state index is 1.10. The minimum Gasteiger partial charge on any atom is -0.311 e. The summed E-state index contributed by atoms with van der Waals surface area (Å²) in [7, 11) is 0. The van der Waals surface area contributed by atoms with Crippen LogP contribution in [0.4, 0.5) is 34.1 Å². The van der Waals surface area contributed by atoms with Gasteiger partial charge in [-0.05, 0) is 141 Å². The first kappa shape index (κ1) is 38.3. The van der Waals surface area contributed by atoms with E-state index in [1.807, 2.05) is 0 Å². The Hall–Kier alpha value is -7.94. The second-order valence-corrected chi connectivity index (χ2v) is 15.7. The third-order valence-corrected chi connectivity index (χ3v) is 11.7. The van der Waals surface area contributed by atoms with Crippen molar-refractivity contribution in [2.75, 3.05) is 9.80 Å². The van der Waals surface area contributed by atoms with Crippen LogP contribution in [0.2, 0.25) is 0 Å². The SMILES string of the molecule is C1=CC(c2ccc(-c3ccc(N(c4ccccc4)c4ccc(-c5ccc(N(c6ccccc6)c6ccc(-c7ccc(-c8ccccc8)cc7)cc6)cc5)cc4)cc3)cc2)=CCC1. The molecule has 0 aliphatic heterocycles. The van der Waals surface area contributed by atoms with Gasteiger partial charge in [0.05, 0.1) is 0 Å². The van der Waals surface area contributed by atoms with Gasteiger partial charge < -0.3 is 9.80 Å². The number of allylic oxidation sites excluding steroid dienone is 4. The molecule has 9 aromatic carbocycles. The summed E-state index contributed by atoms with van der Waals surface area (Å²) in [6, 6.07) is 85.1. The quantitative estimate of drug-likeness (QED) is 0.129. The molecule has 0 aromatic heterocycles. The fraction of sp³-hybridized carbons (Fsp3) is 0.0333. The van der Waals surface area contributed by atoms with Crippen LogP contribution in [0.25, 0.3) is 50.1 Å². The molecule has 9 aromatic rings. The zero-order valence-electron chi connectivity index (χ0n) is 34.6. The molecular formula is C60H46N2. The first-order chi connectivity index (χ1) is 30.7. The lowest BCUT2D eigenvalue weighted by molar-refractivity contribution is 1.04. The highest BCUT2D eigenvalue weighted by Gasteiger charge is 2.16. The highest BCUT2D eigenvalue weighted by atomic mass is 15.1. The Morgan fingerprint density at radius 2 is 0.484 bits per heavy atom. The van der Waals surface area contributed by atoms with Gasteiger partial charge in [-0.3, -0.25) is 0 Å². The van der Waals surface area contributed by atoms with Crippen LogP contribution < -0.4 is 9.80 Å². The summed E-state index contributed by atoms with van der Waals surface area (Å²) in [6.07, 6.45) is 9.08. The smallest absolute Gasteiger partial charge is 0.0462 e. The normalized spacial score (nSPS) is 12.1. The molecule has 0 fully saturated rings. The molecule has 2 nitrogen and oxygen atoms in total. The van der Waals surface area contributed by atoms with E-state index in [-0.39, 0.29) is 0 Å². The molecule has 1 aliphatic rings. The van der Waals surface area contributed by atoms with Crippen molar-refractivity contribution in [2.45, 2.75) is 12.8 Å². The van der Waals surface area contributed by atoms with Crippen molar-refractivity contribution in [3.05, 3.63) is 260 Å². The molecule has 0 radical (unpaired) electrons. The van der Waals surface area contributed by atoms with Gasteiger partial charge in [-0.2, -0.15) is 0 Å². The number of benzene rings is 9. The van der Waals surface area contributed by atoms with Gasteiger partial charge in [0.15, 0.2) is 0 Å². The maximum Gasteiger partial charge on any atom is 0.0462 e. The van der Waals surface area contributed by atoms with Crippen LogP contribution >= 0.6 is 0 Å². The molecule has 62 heavy (non-hydrogen) atoms. The summed E-state index contributed by atoms with van der Waals surface area (Å²) >= 11 is 0. The van der Waals surface area contributed by atoms with Crippen LogP contribution in [0, 0.1) is 0 Å². The van der Waals surface area contributed by atoms with E-state index in [9.17, 15) is 0 Å². The highest BCUT2D eigenvalue weighted by Crippen LogP contribution is 2.39. The van der Waals surface area contributed by atoms with E-state index in [1.54, 1.807) is 0 Å². The highest BCUT2D eigenvalue weighted by molar-refractivity contribution is 5.83. The summed E-state index contributed by atoms with van der Waals surface area (Å²) in [5.74, 6) is 0. The molecule has 0 heterocycles. The topological polar surface area (TPSA) is 6.48 Å². The summed E-state index contributed by atoms with van der Waals surface area (Å²) in [4.78, 5) is 4.64. The number of rotatable bonds is 11. The Kier molecular flexibility index (Phi) is 10.9. The van der Waals surface area contributed by atoms with Gasteiger partial charge >= 0.3 is 0 Å². The van der Waals surface area contributed by atoms with E-state index in [1.165, 1.54) is 55.6 Å². The van der Waals surface area contributed by atoms with Gasteiger partial charge in [-0.25, -0.2) is 0 Å². The maximum absolute atomic E-state index is 2.33. The Balaban J connectivity index is 0.885. The van der Waals surface area contributed by atoms with Crippen LogP contribution in [0.15, 0.2) is 255 Å². The molecule has 0 spiro atoms. The third kappa shape index (κ3) is 8.28. The van der Waals surface area contributed by atoms with E-state index >= 15 is 0 Å². The molecule has 1 aliphatic carbocycles. The van der Waals surface area contributed by atoms with Crippen molar-refractivity contribution in [3.63, 3.8) is 0 Å².